The highest BCUT2D eigenvalue weighted by Gasteiger charge is 2.23. The van der Waals surface area contributed by atoms with Crippen LogP contribution in [0, 0.1) is 0 Å². The first-order valence-electron chi connectivity index (χ1n) is 5.34. The zero-order valence-electron chi connectivity index (χ0n) is 8.77. The lowest BCUT2D eigenvalue weighted by molar-refractivity contribution is -0.137. The van der Waals surface area contributed by atoms with Crippen molar-refractivity contribution < 1.29 is 9.90 Å². The molecule has 4 heteroatoms. The zero-order valence-corrected chi connectivity index (χ0v) is 9.59. The van der Waals surface area contributed by atoms with Crippen molar-refractivity contribution in [1.29, 1.82) is 0 Å². The van der Waals surface area contributed by atoms with E-state index in [0.29, 0.717) is 5.92 Å². The van der Waals surface area contributed by atoms with E-state index in [2.05, 4.69) is 10.4 Å². The van der Waals surface area contributed by atoms with Gasteiger partial charge in [-0.25, -0.2) is 4.98 Å². The van der Waals surface area contributed by atoms with Crippen molar-refractivity contribution in [1.82, 2.24) is 4.98 Å². The van der Waals surface area contributed by atoms with E-state index in [1.165, 1.54) is 25.0 Å². The fraction of sp³-hybridized carbons (Fsp3) is 0.636. The molecule has 0 radical (unpaired) electrons. The molecule has 1 aliphatic carbocycles. The Balaban J connectivity index is 2.02. The molecule has 1 atom stereocenters. The molecule has 1 saturated carbocycles. The molecule has 0 saturated heterocycles. The Hall–Kier alpha value is -0.900. The number of hydrogen-bond donors (Lipinski definition) is 1. The zero-order chi connectivity index (χ0) is 10.8. The first-order valence-corrected chi connectivity index (χ1v) is 6.22. The van der Waals surface area contributed by atoms with E-state index in [0.717, 1.165) is 5.01 Å². The summed E-state index contributed by atoms with van der Waals surface area (Å²) in [6, 6.07) is 0. The Labute approximate surface area is 93.2 Å². The van der Waals surface area contributed by atoms with Crippen molar-refractivity contribution in [2.24, 2.45) is 0 Å². The second kappa shape index (κ2) is 4.31. The largest absolute Gasteiger partial charge is 0.481 e. The van der Waals surface area contributed by atoms with Crippen LogP contribution in [0.25, 0.3) is 0 Å². The highest BCUT2D eigenvalue weighted by Crippen LogP contribution is 2.37. The van der Waals surface area contributed by atoms with Crippen LogP contribution in [0.5, 0.6) is 0 Å². The minimum absolute atomic E-state index is 0.0429. The Morgan fingerprint density at radius 3 is 3.00 bits per heavy atom. The molecule has 1 heterocycles. The lowest BCUT2D eigenvalue weighted by Crippen LogP contribution is -2.09. The molecule has 0 spiro atoms. The predicted molar refractivity (Wildman–Crippen MR) is 59.4 cm³/mol. The topological polar surface area (TPSA) is 50.2 Å². The van der Waals surface area contributed by atoms with Gasteiger partial charge in [0, 0.05) is 17.2 Å². The highest BCUT2D eigenvalue weighted by molar-refractivity contribution is 7.09. The summed E-state index contributed by atoms with van der Waals surface area (Å²) in [5.41, 5.74) is 1.18. The molecule has 1 aromatic heterocycles. The Morgan fingerprint density at radius 2 is 2.47 bits per heavy atom. The average Bonchev–Trinajstić information content (AvgIpc) is 2.48. The average molecular weight is 225 g/mol. The van der Waals surface area contributed by atoms with Crippen LogP contribution in [0.4, 0.5) is 0 Å². The van der Waals surface area contributed by atoms with Crippen LogP contribution in [0.3, 0.4) is 0 Å². The van der Waals surface area contributed by atoms with Crippen LogP contribution in [-0.4, -0.2) is 16.1 Å². The van der Waals surface area contributed by atoms with Gasteiger partial charge in [-0.05, 0) is 12.8 Å². The summed E-state index contributed by atoms with van der Waals surface area (Å²) >= 11 is 1.60. The molecule has 0 aromatic carbocycles. The van der Waals surface area contributed by atoms with Gasteiger partial charge in [0.15, 0.2) is 0 Å². The van der Waals surface area contributed by atoms with Crippen molar-refractivity contribution in [2.45, 2.75) is 44.4 Å². The molecule has 0 aliphatic heterocycles. The maximum absolute atomic E-state index is 10.6. The standard InChI is InChI=1S/C11H15NO2S/c1-7(5-10(13)14)11-12-9(6-15-11)8-3-2-4-8/h6-8H,2-5H2,1H3,(H,13,14). The van der Waals surface area contributed by atoms with Crippen LogP contribution in [0.15, 0.2) is 5.38 Å². The normalized spacial score (nSPS) is 18.5. The number of hydrogen-bond acceptors (Lipinski definition) is 3. The van der Waals surface area contributed by atoms with Crippen molar-refractivity contribution in [3.63, 3.8) is 0 Å². The number of carboxylic acid groups (broad SMARTS) is 1. The number of thiazole rings is 1. The molecule has 1 aromatic rings. The van der Waals surface area contributed by atoms with Crippen molar-refractivity contribution in [3.05, 3.63) is 16.1 Å². The van der Waals surface area contributed by atoms with Crippen LogP contribution >= 0.6 is 11.3 Å². The number of rotatable bonds is 4. The monoisotopic (exact) mass is 225 g/mol. The van der Waals surface area contributed by atoms with Crippen LogP contribution < -0.4 is 0 Å². The summed E-state index contributed by atoms with van der Waals surface area (Å²) in [7, 11) is 0. The van der Waals surface area contributed by atoms with E-state index in [1.54, 1.807) is 11.3 Å². The molecule has 2 rings (SSSR count). The van der Waals surface area contributed by atoms with E-state index in [4.69, 9.17) is 5.11 Å². The number of nitrogens with zero attached hydrogens (tertiary/aromatic N) is 1. The first-order chi connectivity index (χ1) is 7.16. The fourth-order valence-electron chi connectivity index (χ4n) is 1.77. The van der Waals surface area contributed by atoms with Crippen molar-refractivity contribution in [3.8, 4) is 0 Å². The van der Waals surface area contributed by atoms with Crippen molar-refractivity contribution in [2.75, 3.05) is 0 Å². The van der Waals surface area contributed by atoms with Crippen LogP contribution in [0.1, 0.15) is 55.1 Å². The quantitative estimate of drug-likeness (QED) is 0.857. The number of carboxylic acids is 1. The molecule has 1 fully saturated rings. The van der Waals surface area contributed by atoms with Gasteiger partial charge in [-0.15, -0.1) is 11.3 Å². The molecule has 1 N–H and O–H groups in total. The van der Waals surface area contributed by atoms with Gasteiger partial charge in [0.05, 0.1) is 17.1 Å². The molecule has 1 aliphatic rings. The number of carbonyl (C=O) groups is 1. The highest BCUT2D eigenvalue weighted by atomic mass is 32.1. The van der Waals surface area contributed by atoms with Gasteiger partial charge in [0.2, 0.25) is 0 Å². The second-order valence-electron chi connectivity index (χ2n) is 4.24. The third-order valence-electron chi connectivity index (χ3n) is 2.97. The fourth-order valence-corrected chi connectivity index (χ4v) is 2.73. The minimum atomic E-state index is -0.747. The Bertz CT molecular complexity index is 357. The number of aliphatic carboxylic acids is 1. The smallest absolute Gasteiger partial charge is 0.304 e. The molecule has 82 valence electrons. The van der Waals surface area contributed by atoms with Crippen LogP contribution in [-0.2, 0) is 4.79 Å². The maximum atomic E-state index is 10.6. The lowest BCUT2D eigenvalue weighted by Gasteiger charge is -2.23. The molecule has 3 nitrogen and oxygen atoms in total. The van der Waals surface area contributed by atoms with Gasteiger partial charge in [-0.3, -0.25) is 4.79 Å². The van der Waals surface area contributed by atoms with E-state index in [1.807, 2.05) is 6.92 Å². The van der Waals surface area contributed by atoms with Crippen LogP contribution in [0.2, 0.25) is 0 Å². The van der Waals surface area contributed by atoms with E-state index in [9.17, 15) is 4.79 Å². The van der Waals surface area contributed by atoms with Gasteiger partial charge in [0.1, 0.15) is 0 Å². The van der Waals surface area contributed by atoms with Gasteiger partial charge in [-0.2, -0.15) is 0 Å². The van der Waals surface area contributed by atoms with Gasteiger partial charge in [-0.1, -0.05) is 13.3 Å². The van der Waals surface area contributed by atoms with E-state index >= 15 is 0 Å². The van der Waals surface area contributed by atoms with E-state index in [-0.39, 0.29) is 12.3 Å². The first kappa shape index (κ1) is 10.6. The second-order valence-corrected chi connectivity index (χ2v) is 5.13. The third-order valence-corrected chi connectivity index (χ3v) is 4.06. The minimum Gasteiger partial charge on any atom is -0.481 e. The SMILES string of the molecule is CC(CC(=O)O)c1nc(C2CCC2)cs1. The van der Waals surface area contributed by atoms with Crippen molar-refractivity contribution >= 4 is 17.3 Å². The Kier molecular flexibility index (Phi) is 3.05. The summed E-state index contributed by atoms with van der Waals surface area (Å²) in [5, 5.41) is 11.8. The summed E-state index contributed by atoms with van der Waals surface area (Å²) in [5.74, 6) is -0.0590. The summed E-state index contributed by atoms with van der Waals surface area (Å²) in [6.45, 7) is 1.93. The lowest BCUT2D eigenvalue weighted by atomic mass is 9.83. The predicted octanol–water partition coefficient (Wildman–Crippen LogP) is 2.99. The molecule has 1 unspecified atom stereocenters. The molecule has 15 heavy (non-hydrogen) atoms. The van der Waals surface area contributed by atoms with Gasteiger partial charge >= 0.3 is 5.97 Å². The summed E-state index contributed by atoms with van der Waals surface area (Å²) in [6.07, 6.45) is 3.98. The third kappa shape index (κ3) is 2.37. The molecule has 0 amide bonds. The van der Waals surface area contributed by atoms with E-state index < -0.39 is 5.97 Å². The molecular weight excluding hydrogens is 210 g/mol. The summed E-state index contributed by atoms with van der Waals surface area (Å²) in [4.78, 5) is 15.1. The Morgan fingerprint density at radius 1 is 1.73 bits per heavy atom. The maximum Gasteiger partial charge on any atom is 0.304 e. The number of aromatic nitrogens is 1. The molecule has 0 bridgehead atoms. The van der Waals surface area contributed by atoms with Gasteiger partial charge < -0.3 is 5.11 Å². The van der Waals surface area contributed by atoms with Gasteiger partial charge in [0.25, 0.3) is 0 Å². The molecular formula is C11H15NO2S. The summed E-state index contributed by atoms with van der Waals surface area (Å²) < 4.78 is 0.